The molecule has 0 saturated heterocycles. The van der Waals surface area contributed by atoms with Gasteiger partial charge in [0.05, 0.1) is 0 Å². The SMILES string of the molecule is CC.CCc1nc(SC)n[nH]1. The van der Waals surface area contributed by atoms with Gasteiger partial charge in [0.1, 0.15) is 5.82 Å². The summed E-state index contributed by atoms with van der Waals surface area (Å²) in [5.41, 5.74) is 0. The third-order valence-electron chi connectivity index (χ3n) is 1.03. The normalized spacial score (nSPS) is 8.73. The maximum Gasteiger partial charge on any atom is 0.208 e. The van der Waals surface area contributed by atoms with Gasteiger partial charge < -0.3 is 0 Å². The van der Waals surface area contributed by atoms with Crippen LogP contribution < -0.4 is 0 Å². The highest BCUT2D eigenvalue weighted by atomic mass is 32.2. The predicted molar refractivity (Wildman–Crippen MR) is 48.9 cm³/mol. The third kappa shape index (κ3) is 3.41. The van der Waals surface area contributed by atoms with Crippen LogP contribution in [0.1, 0.15) is 26.6 Å². The summed E-state index contributed by atoms with van der Waals surface area (Å²) in [4.78, 5) is 4.14. The molecule has 0 saturated carbocycles. The summed E-state index contributed by atoms with van der Waals surface area (Å²) in [5.74, 6) is 0.958. The number of hydrogen-bond acceptors (Lipinski definition) is 3. The van der Waals surface area contributed by atoms with Gasteiger partial charge in [0.15, 0.2) is 0 Å². The first-order chi connectivity index (χ1) is 5.36. The number of thioether (sulfide) groups is 1. The van der Waals surface area contributed by atoms with Gasteiger partial charge in [-0.1, -0.05) is 32.5 Å². The highest BCUT2D eigenvalue weighted by molar-refractivity contribution is 7.98. The number of hydrogen-bond donors (Lipinski definition) is 1. The minimum atomic E-state index is 0.826. The highest BCUT2D eigenvalue weighted by Gasteiger charge is 1.96. The number of H-pyrrole nitrogens is 1. The van der Waals surface area contributed by atoms with Crippen LogP contribution in [0.4, 0.5) is 0 Å². The van der Waals surface area contributed by atoms with Crippen LogP contribution in [0.2, 0.25) is 0 Å². The van der Waals surface area contributed by atoms with Gasteiger partial charge in [-0.15, -0.1) is 5.10 Å². The standard InChI is InChI=1S/C5H9N3S.C2H6/c1-3-4-6-5(9-2)8-7-4;1-2/h3H2,1-2H3,(H,6,7,8);1-2H3. The Hall–Kier alpha value is -0.510. The Kier molecular flexibility index (Phi) is 5.93. The second-order valence-corrected chi connectivity index (χ2v) is 2.40. The fourth-order valence-electron chi connectivity index (χ4n) is 0.527. The lowest BCUT2D eigenvalue weighted by atomic mass is 10.5. The zero-order valence-corrected chi connectivity index (χ0v) is 8.33. The lowest BCUT2D eigenvalue weighted by molar-refractivity contribution is 0.941. The van der Waals surface area contributed by atoms with Crippen molar-refractivity contribution in [1.82, 2.24) is 15.2 Å². The molecular weight excluding hydrogens is 158 g/mol. The van der Waals surface area contributed by atoms with Gasteiger partial charge in [-0.3, -0.25) is 5.10 Å². The molecule has 1 heterocycles. The van der Waals surface area contributed by atoms with Gasteiger partial charge >= 0.3 is 0 Å². The number of aromatic amines is 1. The topological polar surface area (TPSA) is 41.6 Å². The molecule has 11 heavy (non-hydrogen) atoms. The molecule has 0 fully saturated rings. The van der Waals surface area contributed by atoms with Crippen LogP contribution in [0.15, 0.2) is 5.16 Å². The van der Waals surface area contributed by atoms with E-state index in [1.54, 1.807) is 11.8 Å². The van der Waals surface area contributed by atoms with Crippen LogP contribution in [0.25, 0.3) is 0 Å². The number of nitrogens with zero attached hydrogens (tertiary/aromatic N) is 2. The second kappa shape index (κ2) is 6.22. The molecule has 3 nitrogen and oxygen atoms in total. The van der Waals surface area contributed by atoms with E-state index in [0.717, 1.165) is 17.4 Å². The summed E-state index contributed by atoms with van der Waals surface area (Å²) in [6.45, 7) is 6.05. The van der Waals surface area contributed by atoms with Crippen molar-refractivity contribution in [2.75, 3.05) is 6.26 Å². The van der Waals surface area contributed by atoms with E-state index in [-0.39, 0.29) is 0 Å². The number of aryl methyl sites for hydroxylation is 1. The van der Waals surface area contributed by atoms with Crippen LogP contribution >= 0.6 is 11.8 Å². The van der Waals surface area contributed by atoms with Crippen LogP contribution in [0, 0.1) is 0 Å². The summed E-state index contributed by atoms with van der Waals surface area (Å²) >= 11 is 1.55. The van der Waals surface area contributed by atoms with Gasteiger partial charge in [0.25, 0.3) is 0 Å². The van der Waals surface area contributed by atoms with Crippen LogP contribution in [0.3, 0.4) is 0 Å². The molecule has 0 unspecified atom stereocenters. The van der Waals surface area contributed by atoms with Crippen LogP contribution in [-0.2, 0) is 6.42 Å². The number of nitrogens with one attached hydrogen (secondary N) is 1. The predicted octanol–water partition coefficient (Wildman–Crippen LogP) is 2.12. The quantitative estimate of drug-likeness (QED) is 0.696. The first-order valence-electron chi connectivity index (χ1n) is 3.82. The van der Waals surface area contributed by atoms with Crippen molar-refractivity contribution in [1.29, 1.82) is 0 Å². The van der Waals surface area contributed by atoms with Gasteiger partial charge in [-0.05, 0) is 6.26 Å². The summed E-state index contributed by atoms with van der Waals surface area (Å²) in [6.07, 6.45) is 2.89. The first-order valence-corrected chi connectivity index (χ1v) is 5.04. The molecular formula is C7H15N3S. The summed E-state index contributed by atoms with van der Waals surface area (Å²) in [5, 5.41) is 7.58. The molecule has 4 heteroatoms. The van der Waals surface area contributed by atoms with E-state index in [0.29, 0.717) is 0 Å². The Morgan fingerprint density at radius 1 is 1.45 bits per heavy atom. The Morgan fingerprint density at radius 2 is 2.09 bits per heavy atom. The fraction of sp³-hybridized carbons (Fsp3) is 0.714. The molecule has 0 amide bonds. The van der Waals surface area contributed by atoms with Crippen molar-refractivity contribution in [3.05, 3.63) is 5.82 Å². The summed E-state index contributed by atoms with van der Waals surface area (Å²) in [7, 11) is 0. The molecule has 1 rings (SSSR count). The van der Waals surface area contributed by atoms with Crippen LogP contribution in [0.5, 0.6) is 0 Å². The van der Waals surface area contributed by atoms with E-state index in [9.17, 15) is 0 Å². The molecule has 64 valence electrons. The zero-order valence-electron chi connectivity index (χ0n) is 7.51. The van der Waals surface area contributed by atoms with Crippen LogP contribution in [-0.4, -0.2) is 21.4 Å². The molecule has 1 aromatic rings. The molecule has 0 aliphatic heterocycles. The molecule has 0 aliphatic rings. The Bertz CT molecular complexity index is 167. The maximum absolute atomic E-state index is 4.14. The minimum Gasteiger partial charge on any atom is -0.262 e. The molecule has 0 radical (unpaired) electrons. The third-order valence-corrected chi connectivity index (χ3v) is 1.58. The minimum absolute atomic E-state index is 0.826. The lowest BCUT2D eigenvalue weighted by Crippen LogP contribution is -1.80. The largest absolute Gasteiger partial charge is 0.262 e. The van der Waals surface area contributed by atoms with Gasteiger partial charge in [0, 0.05) is 6.42 Å². The highest BCUT2D eigenvalue weighted by Crippen LogP contribution is 2.06. The van der Waals surface area contributed by atoms with E-state index < -0.39 is 0 Å². The Balaban J connectivity index is 0.000000461. The molecule has 1 N–H and O–H groups in total. The molecule has 0 spiro atoms. The maximum atomic E-state index is 4.14. The van der Waals surface area contributed by atoms with Crippen molar-refractivity contribution in [2.45, 2.75) is 32.3 Å². The Labute approximate surface area is 72.0 Å². The number of rotatable bonds is 2. The molecule has 0 atom stereocenters. The smallest absolute Gasteiger partial charge is 0.208 e. The number of aromatic nitrogens is 3. The van der Waals surface area contributed by atoms with E-state index in [1.807, 2.05) is 27.0 Å². The molecule has 0 aromatic carbocycles. The summed E-state index contributed by atoms with van der Waals surface area (Å²) < 4.78 is 0. The van der Waals surface area contributed by atoms with Crippen molar-refractivity contribution in [3.63, 3.8) is 0 Å². The van der Waals surface area contributed by atoms with Crippen molar-refractivity contribution in [3.8, 4) is 0 Å². The van der Waals surface area contributed by atoms with E-state index >= 15 is 0 Å². The monoisotopic (exact) mass is 173 g/mol. The van der Waals surface area contributed by atoms with Crippen molar-refractivity contribution >= 4 is 11.8 Å². The van der Waals surface area contributed by atoms with E-state index in [4.69, 9.17) is 0 Å². The van der Waals surface area contributed by atoms with E-state index in [2.05, 4.69) is 15.2 Å². The van der Waals surface area contributed by atoms with Gasteiger partial charge in [-0.25, -0.2) is 4.98 Å². The van der Waals surface area contributed by atoms with Gasteiger partial charge in [0.2, 0.25) is 5.16 Å². The van der Waals surface area contributed by atoms with Gasteiger partial charge in [-0.2, -0.15) is 0 Å². The first kappa shape index (κ1) is 10.5. The fourth-order valence-corrected chi connectivity index (χ4v) is 0.866. The molecule has 0 aliphatic carbocycles. The van der Waals surface area contributed by atoms with Crippen molar-refractivity contribution < 1.29 is 0 Å². The zero-order chi connectivity index (χ0) is 8.69. The average Bonchev–Trinajstić information content (AvgIpc) is 2.55. The van der Waals surface area contributed by atoms with E-state index in [1.165, 1.54) is 0 Å². The average molecular weight is 173 g/mol. The molecule has 1 aromatic heterocycles. The molecule has 0 bridgehead atoms. The Morgan fingerprint density at radius 3 is 2.36 bits per heavy atom. The summed E-state index contributed by atoms with van der Waals surface area (Å²) in [6, 6.07) is 0. The lowest BCUT2D eigenvalue weighted by Gasteiger charge is -1.80. The second-order valence-electron chi connectivity index (χ2n) is 1.62. The van der Waals surface area contributed by atoms with Crippen molar-refractivity contribution in [2.24, 2.45) is 0 Å².